The maximum atomic E-state index is 12.7. The van der Waals surface area contributed by atoms with Crippen molar-refractivity contribution in [1.82, 2.24) is 9.97 Å². The third kappa shape index (κ3) is 3.97. The summed E-state index contributed by atoms with van der Waals surface area (Å²) in [5, 5.41) is 3.01. The first-order valence-electron chi connectivity index (χ1n) is 8.69. The van der Waals surface area contributed by atoms with Crippen LogP contribution in [0.15, 0.2) is 48.7 Å². The van der Waals surface area contributed by atoms with Crippen molar-refractivity contribution in [3.05, 3.63) is 88.0 Å². The average molecular weight is 345 g/mol. The van der Waals surface area contributed by atoms with Gasteiger partial charge in [-0.2, -0.15) is 0 Å². The molecule has 0 aliphatic carbocycles. The molecular weight excluding hydrogens is 322 g/mol. The van der Waals surface area contributed by atoms with Crippen LogP contribution >= 0.6 is 0 Å². The van der Waals surface area contributed by atoms with Gasteiger partial charge in [0.1, 0.15) is 5.82 Å². The molecule has 4 heteroatoms. The number of aromatic nitrogens is 2. The number of rotatable bonds is 4. The van der Waals surface area contributed by atoms with E-state index in [-0.39, 0.29) is 5.91 Å². The summed E-state index contributed by atoms with van der Waals surface area (Å²) < 4.78 is 0. The molecule has 3 rings (SSSR count). The molecule has 0 aliphatic rings. The zero-order chi connectivity index (χ0) is 18.7. The summed E-state index contributed by atoms with van der Waals surface area (Å²) in [5.41, 5.74) is 6.48. The van der Waals surface area contributed by atoms with Crippen LogP contribution in [0, 0.1) is 27.7 Å². The molecule has 1 amide bonds. The standard InChI is InChI=1S/C22H23N3O/c1-14-10-15(2)21(16(3)11-14)25-22(26)19-13-23-20(24-17(19)4)12-18-8-6-5-7-9-18/h5-11,13H,12H2,1-4H3,(H,25,26). The number of carbonyl (C=O) groups is 1. The van der Waals surface area contributed by atoms with Gasteiger partial charge in [-0.25, -0.2) is 9.97 Å². The summed E-state index contributed by atoms with van der Waals surface area (Å²) in [4.78, 5) is 21.6. The van der Waals surface area contributed by atoms with Crippen molar-refractivity contribution < 1.29 is 4.79 Å². The maximum absolute atomic E-state index is 12.7. The minimum absolute atomic E-state index is 0.177. The van der Waals surface area contributed by atoms with Gasteiger partial charge >= 0.3 is 0 Å². The lowest BCUT2D eigenvalue weighted by atomic mass is 10.0. The average Bonchev–Trinajstić information content (AvgIpc) is 2.59. The van der Waals surface area contributed by atoms with Crippen molar-refractivity contribution in [3.8, 4) is 0 Å². The van der Waals surface area contributed by atoms with Gasteiger partial charge in [-0.1, -0.05) is 48.0 Å². The number of nitrogens with one attached hydrogen (secondary N) is 1. The normalized spacial score (nSPS) is 10.6. The van der Waals surface area contributed by atoms with E-state index in [1.807, 2.05) is 51.1 Å². The van der Waals surface area contributed by atoms with Crippen LogP contribution in [0.5, 0.6) is 0 Å². The zero-order valence-corrected chi connectivity index (χ0v) is 15.6. The lowest BCUT2D eigenvalue weighted by Crippen LogP contribution is -2.17. The van der Waals surface area contributed by atoms with Gasteiger partial charge in [-0.3, -0.25) is 4.79 Å². The second-order valence-corrected chi connectivity index (χ2v) is 6.68. The number of amides is 1. The Balaban J connectivity index is 1.80. The lowest BCUT2D eigenvalue weighted by Gasteiger charge is -2.14. The van der Waals surface area contributed by atoms with Crippen LogP contribution in [0.2, 0.25) is 0 Å². The van der Waals surface area contributed by atoms with Gasteiger partial charge in [0.25, 0.3) is 5.91 Å². The van der Waals surface area contributed by atoms with Gasteiger partial charge in [0.05, 0.1) is 11.3 Å². The van der Waals surface area contributed by atoms with E-state index in [1.54, 1.807) is 6.20 Å². The van der Waals surface area contributed by atoms with Crippen molar-refractivity contribution in [3.63, 3.8) is 0 Å². The van der Waals surface area contributed by atoms with E-state index in [9.17, 15) is 4.79 Å². The highest BCUT2D eigenvalue weighted by atomic mass is 16.1. The largest absolute Gasteiger partial charge is 0.321 e. The summed E-state index contributed by atoms with van der Waals surface area (Å²) in [5.74, 6) is 0.539. The molecule has 2 aromatic carbocycles. The molecule has 132 valence electrons. The highest BCUT2D eigenvalue weighted by Gasteiger charge is 2.14. The van der Waals surface area contributed by atoms with Gasteiger partial charge in [-0.15, -0.1) is 0 Å². The molecule has 4 nitrogen and oxygen atoms in total. The second kappa shape index (κ2) is 7.48. The first kappa shape index (κ1) is 17.8. The molecule has 1 N–H and O–H groups in total. The highest BCUT2D eigenvalue weighted by Crippen LogP contribution is 2.23. The van der Waals surface area contributed by atoms with Crippen molar-refractivity contribution in [2.24, 2.45) is 0 Å². The Morgan fingerprint density at radius 1 is 1.00 bits per heavy atom. The zero-order valence-electron chi connectivity index (χ0n) is 15.6. The van der Waals surface area contributed by atoms with E-state index in [1.165, 1.54) is 5.56 Å². The number of aryl methyl sites for hydroxylation is 4. The Kier molecular flexibility index (Phi) is 5.12. The minimum Gasteiger partial charge on any atom is -0.321 e. The Hall–Kier alpha value is -3.01. The van der Waals surface area contributed by atoms with Gasteiger partial charge < -0.3 is 5.32 Å². The van der Waals surface area contributed by atoms with E-state index in [0.717, 1.165) is 22.4 Å². The summed E-state index contributed by atoms with van der Waals surface area (Å²) >= 11 is 0. The molecule has 26 heavy (non-hydrogen) atoms. The van der Waals surface area contributed by atoms with Crippen LogP contribution in [0.25, 0.3) is 0 Å². The fourth-order valence-electron chi connectivity index (χ4n) is 3.16. The number of benzene rings is 2. The van der Waals surface area contributed by atoms with Gasteiger partial charge in [-0.05, 0) is 44.4 Å². The van der Waals surface area contributed by atoms with Crippen molar-refractivity contribution in [2.45, 2.75) is 34.1 Å². The van der Waals surface area contributed by atoms with E-state index < -0.39 is 0 Å². The molecule has 1 aromatic heterocycles. The summed E-state index contributed by atoms with van der Waals surface area (Å²) in [6.07, 6.45) is 2.27. The SMILES string of the molecule is Cc1cc(C)c(NC(=O)c2cnc(Cc3ccccc3)nc2C)c(C)c1. The Labute approximate surface area is 154 Å². The van der Waals surface area contributed by atoms with E-state index in [2.05, 4.69) is 34.3 Å². The molecule has 0 saturated carbocycles. The van der Waals surface area contributed by atoms with Crippen molar-refractivity contribution in [1.29, 1.82) is 0 Å². The van der Waals surface area contributed by atoms with Crippen LogP contribution < -0.4 is 5.32 Å². The first-order chi connectivity index (χ1) is 12.4. The lowest BCUT2D eigenvalue weighted by molar-refractivity contribution is 0.102. The Morgan fingerprint density at radius 3 is 2.27 bits per heavy atom. The number of carbonyl (C=O) groups excluding carboxylic acids is 1. The van der Waals surface area contributed by atoms with Crippen molar-refractivity contribution in [2.75, 3.05) is 5.32 Å². The predicted octanol–water partition coefficient (Wildman–Crippen LogP) is 4.55. The quantitative estimate of drug-likeness (QED) is 0.754. The molecule has 0 bridgehead atoms. The molecular formula is C22H23N3O. The van der Waals surface area contributed by atoms with Crippen LogP contribution in [-0.4, -0.2) is 15.9 Å². The third-order valence-electron chi connectivity index (χ3n) is 4.39. The molecule has 0 unspecified atom stereocenters. The molecule has 0 saturated heterocycles. The summed E-state index contributed by atoms with van der Waals surface area (Å²) in [7, 11) is 0. The van der Waals surface area contributed by atoms with Crippen LogP contribution in [0.3, 0.4) is 0 Å². The molecule has 0 atom stereocenters. The molecule has 0 spiro atoms. The van der Waals surface area contributed by atoms with Gasteiger partial charge in [0, 0.05) is 18.3 Å². The number of nitrogens with zero attached hydrogens (tertiary/aromatic N) is 2. The van der Waals surface area contributed by atoms with Gasteiger partial charge in [0.2, 0.25) is 0 Å². The number of hydrogen-bond acceptors (Lipinski definition) is 3. The fraction of sp³-hybridized carbons (Fsp3) is 0.227. The molecule has 0 aliphatic heterocycles. The molecule has 1 heterocycles. The monoisotopic (exact) mass is 345 g/mol. The summed E-state index contributed by atoms with van der Waals surface area (Å²) in [6, 6.07) is 14.2. The Bertz CT molecular complexity index is 926. The minimum atomic E-state index is -0.177. The topological polar surface area (TPSA) is 54.9 Å². The van der Waals surface area contributed by atoms with Crippen LogP contribution in [-0.2, 0) is 6.42 Å². The predicted molar refractivity (Wildman–Crippen MR) is 105 cm³/mol. The molecule has 0 fully saturated rings. The fourth-order valence-corrected chi connectivity index (χ4v) is 3.16. The number of anilines is 1. The molecule has 0 radical (unpaired) electrons. The molecule has 3 aromatic rings. The maximum Gasteiger partial charge on any atom is 0.259 e. The van der Waals surface area contributed by atoms with Gasteiger partial charge in [0.15, 0.2) is 0 Å². The van der Waals surface area contributed by atoms with Crippen molar-refractivity contribution >= 4 is 11.6 Å². The van der Waals surface area contributed by atoms with E-state index >= 15 is 0 Å². The smallest absolute Gasteiger partial charge is 0.259 e. The second-order valence-electron chi connectivity index (χ2n) is 6.68. The summed E-state index contributed by atoms with van der Waals surface area (Å²) in [6.45, 7) is 7.90. The van der Waals surface area contributed by atoms with E-state index in [0.29, 0.717) is 23.5 Å². The van der Waals surface area contributed by atoms with Crippen LogP contribution in [0.1, 0.15) is 44.1 Å². The van der Waals surface area contributed by atoms with Crippen LogP contribution in [0.4, 0.5) is 5.69 Å². The first-order valence-corrected chi connectivity index (χ1v) is 8.69. The third-order valence-corrected chi connectivity index (χ3v) is 4.39. The van der Waals surface area contributed by atoms with E-state index in [4.69, 9.17) is 0 Å². The number of hydrogen-bond donors (Lipinski definition) is 1. The highest BCUT2D eigenvalue weighted by molar-refractivity contribution is 6.05. The Morgan fingerprint density at radius 2 is 1.65 bits per heavy atom.